The van der Waals surface area contributed by atoms with Crippen LogP contribution in [-0.2, 0) is 6.54 Å². The standard InChI is InChI=1S/C20H30N6.HI/c1-4-21-20(25-11-7-18(15-25)12-16(2)3)23-14-17-6-9-22-19(13-17)26-10-5-8-24-26;/h5-6,8-10,13,16,18H,4,7,11-12,14-15H2,1-3H3,(H,21,23);1H. The third-order valence-electron chi connectivity index (χ3n) is 4.69. The Morgan fingerprint density at radius 3 is 2.93 bits per heavy atom. The molecule has 0 spiro atoms. The number of aromatic nitrogens is 3. The average Bonchev–Trinajstić information content (AvgIpc) is 3.30. The second-order valence-electron chi connectivity index (χ2n) is 7.37. The first-order valence-corrected chi connectivity index (χ1v) is 9.64. The molecule has 1 N–H and O–H groups in total. The number of guanidine groups is 1. The molecule has 1 atom stereocenters. The molecule has 3 heterocycles. The lowest BCUT2D eigenvalue weighted by Gasteiger charge is -2.22. The zero-order chi connectivity index (χ0) is 18.4. The molecule has 1 fully saturated rings. The smallest absolute Gasteiger partial charge is 0.194 e. The first-order chi connectivity index (χ1) is 12.7. The minimum Gasteiger partial charge on any atom is -0.357 e. The van der Waals surface area contributed by atoms with Crippen molar-refractivity contribution in [3.05, 3.63) is 42.4 Å². The zero-order valence-electron chi connectivity index (χ0n) is 16.5. The van der Waals surface area contributed by atoms with E-state index in [2.05, 4.69) is 41.1 Å². The minimum absolute atomic E-state index is 0. The van der Waals surface area contributed by atoms with Gasteiger partial charge in [0.1, 0.15) is 0 Å². The second-order valence-corrected chi connectivity index (χ2v) is 7.37. The van der Waals surface area contributed by atoms with Gasteiger partial charge in [-0.1, -0.05) is 13.8 Å². The van der Waals surface area contributed by atoms with Gasteiger partial charge >= 0.3 is 0 Å². The highest BCUT2D eigenvalue weighted by Gasteiger charge is 2.25. The van der Waals surface area contributed by atoms with Gasteiger partial charge in [-0.3, -0.25) is 0 Å². The maximum atomic E-state index is 4.88. The van der Waals surface area contributed by atoms with E-state index in [4.69, 9.17) is 4.99 Å². The highest BCUT2D eigenvalue weighted by molar-refractivity contribution is 14.0. The average molecular weight is 482 g/mol. The Morgan fingerprint density at radius 2 is 2.22 bits per heavy atom. The van der Waals surface area contributed by atoms with Crippen LogP contribution in [0.5, 0.6) is 0 Å². The summed E-state index contributed by atoms with van der Waals surface area (Å²) >= 11 is 0. The van der Waals surface area contributed by atoms with E-state index in [0.29, 0.717) is 6.54 Å². The normalized spacial score (nSPS) is 17.3. The van der Waals surface area contributed by atoms with Gasteiger partial charge in [-0.05, 0) is 55.4 Å². The van der Waals surface area contributed by atoms with E-state index < -0.39 is 0 Å². The van der Waals surface area contributed by atoms with Crippen molar-refractivity contribution in [1.29, 1.82) is 0 Å². The lowest BCUT2D eigenvalue weighted by molar-refractivity contribution is 0.403. The molecule has 1 saturated heterocycles. The first kappa shape index (κ1) is 21.7. The molecule has 0 aromatic carbocycles. The summed E-state index contributed by atoms with van der Waals surface area (Å²) in [5.74, 6) is 3.39. The van der Waals surface area contributed by atoms with Crippen molar-refractivity contribution in [2.24, 2.45) is 16.8 Å². The maximum Gasteiger partial charge on any atom is 0.194 e. The molecule has 6 nitrogen and oxygen atoms in total. The molecular formula is C20H31IN6. The third kappa shape index (κ3) is 6.19. The molecule has 0 radical (unpaired) electrons. The number of nitrogens with one attached hydrogen (secondary N) is 1. The first-order valence-electron chi connectivity index (χ1n) is 9.64. The number of halogens is 1. The predicted octanol–water partition coefficient (Wildman–Crippen LogP) is 3.72. The SMILES string of the molecule is CCNC(=NCc1ccnc(-n2cccn2)c1)N1CCC(CC(C)C)C1.I. The highest BCUT2D eigenvalue weighted by Crippen LogP contribution is 2.23. The van der Waals surface area contributed by atoms with Crippen molar-refractivity contribution in [2.45, 2.75) is 40.2 Å². The Kier molecular flexibility index (Phi) is 8.53. The molecule has 0 aliphatic carbocycles. The van der Waals surface area contributed by atoms with Crippen LogP contribution < -0.4 is 5.32 Å². The molecule has 3 rings (SSSR count). The van der Waals surface area contributed by atoms with Crippen molar-refractivity contribution in [3.8, 4) is 5.82 Å². The van der Waals surface area contributed by atoms with Crippen LogP contribution in [0, 0.1) is 11.8 Å². The van der Waals surface area contributed by atoms with Gasteiger partial charge in [0.15, 0.2) is 11.8 Å². The Bertz CT molecular complexity index is 713. The fourth-order valence-corrected chi connectivity index (χ4v) is 3.56. The third-order valence-corrected chi connectivity index (χ3v) is 4.69. The van der Waals surface area contributed by atoms with E-state index in [9.17, 15) is 0 Å². The van der Waals surface area contributed by atoms with Crippen LogP contribution in [0.3, 0.4) is 0 Å². The summed E-state index contributed by atoms with van der Waals surface area (Å²) in [4.78, 5) is 11.7. The largest absolute Gasteiger partial charge is 0.357 e. The molecule has 2 aromatic heterocycles. The van der Waals surface area contributed by atoms with Crippen molar-refractivity contribution in [2.75, 3.05) is 19.6 Å². The van der Waals surface area contributed by atoms with Crippen molar-refractivity contribution >= 4 is 29.9 Å². The van der Waals surface area contributed by atoms with E-state index in [1.165, 1.54) is 12.8 Å². The lowest BCUT2D eigenvalue weighted by atomic mass is 9.97. The quantitative estimate of drug-likeness (QED) is 0.388. The van der Waals surface area contributed by atoms with Gasteiger partial charge in [0, 0.05) is 38.2 Å². The Labute approximate surface area is 179 Å². The Morgan fingerprint density at radius 1 is 1.37 bits per heavy atom. The van der Waals surface area contributed by atoms with Gasteiger partial charge in [-0.15, -0.1) is 24.0 Å². The molecule has 0 saturated carbocycles. The van der Waals surface area contributed by atoms with Gasteiger partial charge in [0.25, 0.3) is 0 Å². The van der Waals surface area contributed by atoms with Crippen LogP contribution in [0.2, 0.25) is 0 Å². The summed E-state index contributed by atoms with van der Waals surface area (Å²) < 4.78 is 1.77. The molecule has 1 aliphatic rings. The van der Waals surface area contributed by atoms with Crippen LogP contribution in [0.15, 0.2) is 41.8 Å². The zero-order valence-corrected chi connectivity index (χ0v) is 18.8. The van der Waals surface area contributed by atoms with E-state index >= 15 is 0 Å². The molecule has 2 aromatic rings. The van der Waals surface area contributed by atoms with Crippen LogP contribution >= 0.6 is 24.0 Å². The van der Waals surface area contributed by atoms with Gasteiger partial charge in [0.2, 0.25) is 0 Å². The molecular weight excluding hydrogens is 451 g/mol. The molecule has 1 unspecified atom stereocenters. The van der Waals surface area contributed by atoms with Crippen molar-refractivity contribution in [1.82, 2.24) is 25.0 Å². The minimum atomic E-state index is 0. The number of hydrogen-bond acceptors (Lipinski definition) is 3. The van der Waals surface area contributed by atoms with Gasteiger partial charge in [-0.25, -0.2) is 14.7 Å². The summed E-state index contributed by atoms with van der Waals surface area (Å²) in [5, 5.41) is 7.70. The maximum absolute atomic E-state index is 4.88. The second kappa shape index (κ2) is 10.6. The number of rotatable bonds is 6. The van der Waals surface area contributed by atoms with Crippen LogP contribution in [0.1, 0.15) is 39.2 Å². The predicted molar refractivity (Wildman–Crippen MR) is 121 cm³/mol. The molecule has 148 valence electrons. The summed E-state index contributed by atoms with van der Waals surface area (Å²) in [7, 11) is 0. The summed E-state index contributed by atoms with van der Waals surface area (Å²) in [5.41, 5.74) is 1.14. The van der Waals surface area contributed by atoms with Crippen molar-refractivity contribution in [3.63, 3.8) is 0 Å². The van der Waals surface area contributed by atoms with E-state index in [1.807, 2.05) is 30.6 Å². The van der Waals surface area contributed by atoms with Gasteiger partial charge in [0.05, 0.1) is 6.54 Å². The number of aliphatic imine (C=N–C) groups is 1. The summed E-state index contributed by atoms with van der Waals surface area (Å²) in [6.45, 7) is 10.5. The number of pyridine rings is 1. The van der Waals surface area contributed by atoms with Crippen LogP contribution in [0.25, 0.3) is 5.82 Å². The highest BCUT2D eigenvalue weighted by atomic mass is 127. The van der Waals surface area contributed by atoms with E-state index in [0.717, 1.165) is 48.8 Å². The molecule has 0 bridgehead atoms. The van der Waals surface area contributed by atoms with Gasteiger partial charge in [-0.2, -0.15) is 5.10 Å². The molecule has 7 heteroatoms. The monoisotopic (exact) mass is 482 g/mol. The topological polar surface area (TPSA) is 58.3 Å². The molecule has 27 heavy (non-hydrogen) atoms. The summed E-state index contributed by atoms with van der Waals surface area (Å²) in [6.07, 6.45) is 8.05. The number of likely N-dealkylation sites (tertiary alicyclic amines) is 1. The van der Waals surface area contributed by atoms with Gasteiger partial charge < -0.3 is 10.2 Å². The summed E-state index contributed by atoms with van der Waals surface area (Å²) in [6, 6.07) is 5.97. The van der Waals surface area contributed by atoms with Crippen LogP contribution in [-0.4, -0.2) is 45.3 Å². The molecule has 0 amide bonds. The fraction of sp³-hybridized carbons (Fsp3) is 0.550. The van der Waals surface area contributed by atoms with E-state index in [1.54, 1.807) is 10.9 Å². The van der Waals surface area contributed by atoms with Crippen LogP contribution in [0.4, 0.5) is 0 Å². The Balaban J connectivity index is 0.00000261. The number of nitrogens with zero attached hydrogens (tertiary/aromatic N) is 5. The Hall–Kier alpha value is -1.64. The van der Waals surface area contributed by atoms with Crippen molar-refractivity contribution < 1.29 is 0 Å². The van der Waals surface area contributed by atoms with E-state index in [-0.39, 0.29) is 24.0 Å². The lowest BCUT2D eigenvalue weighted by Crippen LogP contribution is -2.40. The molecule has 1 aliphatic heterocycles. The number of hydrogen-bond donors (Lipinski definition) is 1. The fourth-order valence-electron chi connectivity index (χ4n) is 3.56.